The second-order valence-electron chi connectivity index (χ2n) is 7.98. The topological polar surface area (TPSA) is 0 Å². The van der Waals surface area contributed by atoms with Gasteiger partial charge in [0, 0.05) is 0 Å². The molecule has 4 heteroatoms. The summed E-state index contributed by atoms with van der Waals surface area (Å²) in [6, 6.07) is 30.2. The Kier molecular flexibility index (Phi) is 15.0. The van der Waals surface area contributed by atoms with Gasteiger partial charge in [-0.05, 0) is 13.8 Å². The first-order valence-corrected chi connectivity index (χ1v) is 18.3. The Bertz CT molecular complexity index is 972. The van der Waals surface area contributed by atoms with Crippen LogP contribution in [0.2, 0.25) is 13.1 Å². The van der Waals surface area contributed by atoms with Crippen molar-refractivity contribution in [1.29, 1.82) is 0 Å². The molecule has 32 heavy (non-hydrogen) atoms. The Balaban J connectivity index is 0.000000490. The summed E-state index contributed by atoms with van der Waals surface area (Å²) >= 11 is 1.45. The van der Waals surface area contributed by atoms with Crippen LogP contribution in [0.1, 0.15) is 22.3 Å². The van der Waals surface area contributed by atoms with Gasteiger partial charge in [0.25, 0.3) is 0 Å². The SMILES string of the molecule is C[Si](C)=[Hf+2].Cc1ccc(-[c-]2cccc2C)cc1.Cc1ccc(-[c-]2cccc2C)cc1.[Cl-].[Cl-]. The van der Waals surface area contributed by atoms with E-state index in [4.69, 9.17) is 0 Å². The number of hydrogen-bond acceptors (Lipinski definition) is 0. The summed E-state index contributed by atoms with van der Waals surface area (Å²) < 4.78 is 0. The van der Waals surface area contributed by atoms with Gasteiger partial charge in [-0.1, -0.05) is 60.4 Å². The van der Waals surface area contributed by atoms with Gasteiger partial charge in [0.1, 0.15) is 0 Å². The van der Waals surface area contributed by atoms with Crippen LogP contribution < -0.4 is 24.8 Å². The van der Waals surface area contributed by atoms with Gasteiger partial charge in [0.15, 0.2) is 0 Å². The van der Waals surface area contributed by atoms with Crippen molar-refractivity contribution in [3.8, 4) is 22.3 Å². The summed E-state index contributed by atoms with van der Waals surface area (Å²) in [5.41, 5.74) is 10.9. The Morgan fingerprint density at radius 2 is 0.844 bits per heavy atom. The fourth-order valence-corrected chi connectivity index (χ4v) is 3.13. The molecule has 0 nitrogen and oxygen atoms in total. The quantitative estimate of drug-likeness (QED) is 0.232. The van der Waals surface area contributed by atoms with E-state index in [0.717, 1.165) is 0 Å². The first-order chi connectivity index (χ1) is 14.3. The van der Waals surface area contributed by atoms with Gasteiger partial charge in [-0.3, -0.25) is 0 Å². The van der Waals surface area contributed by atoms with Crippen LogP contribution in [-0.4, -0.2) is 5.49 Å². The van der Waals surface area contributed by atoms with E-state index in [1.165, 1.54) is 67.5 Å². The molecular formula is C28H32Cl2HfSi-2. The molecule has 0 aliphatic heterocycles. The molecule has 0 spiro atoms. The molecule has 0 radical (unpaired) electrons. The van der Waals surface area contributed by atoms with Crippen LogP contribution in [0.4, 0.5) is 0 Å². The summed E-state index contributed by atoms with van der Waals surface area (Å²) in [7, 11) is 0. The largest absolute Gasteiger partial charge is 1.00 e. The molecule has 0 aliphatic rings. The Labute approximate surface area is 222 Å². The molecule has 4 rings (SSSR count). The van der Waals surface area contributed by atoms with Gasteiger partial charge in [-0.15, -0.1) is 70.8 Å². The van der Waals surface area contributed by atoms with Gasteiger partial charge in [-0.25, -0.2) is 0 Å². The van der Waals surface area contributed by atoms with E-state index in [1.807, 2.05) is 0 Å². The van der Waals surface area contributed by atoms with Gasteiger partial charge in [0.05, 0.1) is 0 Å². The number of rotatable bonds is 2. The first-order valence-electron chi connectivity index (χ1n) is 10.4. The molecule has 0 saturated heterocycles. The molecule has 0 amide bonds. The zero-order chi connectivity index (χ0) is 22.1. The van der Waals surface area contributed by atoms with E-state index >= 15 is 0 Å². The van der Waals surface area contributed by atoms with Crippen molar-refractivity contribution in [3.05, 3.63) is 107 Å². The zero-order valence-corrected chi connectivity index (χ0v) is 25.9. The van der Waals surface area contributed by atoms with Crippen molar-refractivity contribution in [2.75, 3.05) is 0 Å². The van der Waals surface area contributed by atoms with Crippen LogP contribution in [0.15, 0.2) is 84.9 Å². The maximum atomic E-state index is 2.33. The smallest absolute Gasteiger partial charge is 0.0410 e. The molecule has 0 saturated carbocycles. The van der Waals surface area contributed by atoms with E-state index in [0.29, 0.717) is 0 Å². The second kappa shape index (κ2) is 15.6. The van der Waals surface area contributed by atoms with E-state index in [9.17, 15) is 0 Å². The van der Waals surface area contributed by atoms with E-state index < -0.39 is 0 Å². The van der Waals surface area contributed by atoms with Crippen LogP contribution >= 0.6 is 0 Å². The summed E-state index contributed by atoms with van der Waals surface area (Å²) in [6.07, 6.45) is 0. The molecule has 0 aromatic heterocycles. The Morgan fingerprint density at radius 3 is 1.06 bits per heavy atom. The van der Waals surface area contributed by atoms with Crippen molar-refractivity contribution >= 4 is 5.49 Å². The predicted molar refractivity (Wildman–Crippen MR) is 131 cm³/mol. The van der Waals surface area contributed by atoms with Crippen LogP contribution in [0.25, 0.3) is 22.3 Å². The average Bonchev–Trinajstić information content (AvgIpc) is 3.31. The molecule has 0 fully saturated rings. The maximum absolute atomic E-state index is 2.33. The van der Waals surface area contributed by atoms with Crippen LogP contribution in [0, 0.1) is 27.7 Å². The second-order valence-corrected chi connectivity index (χ2v) is 20.8. The van der Waals surface area contributed by atoms with Gasteiger partial charge in [-0.2, -0.15) is 12.1 Å². The molecule has 0 heterocycles. The minimum absolute atomic E-state index is 0. The molecular weight excluding hydrogens is 614 g/mol. The Morgan fingerprint density at radius 1 is 0.562 bits per heavy atom. The fraction of sp³-hybridized carbons (Fsp3) is 0.214. The van der Waals surface area contributed by atoms with E-state index in [-0.39, 0.29) is 30.3 Å². The molecule has 0 bridgehead atoms. The molecule has 0 unspecified atom stereocenters. The van der Waals surface area contributed by atoms with Gasteiger partial charge in [0.2, 0.25) is 0 Å². The minimum atomic E-state index is 0. The third-order valence-corrected chi connectivity index (χ3v) is 4.79. The number of aryl methyl sites for hydroxylation is 4. The van der Waals surface area contributed by atoms with E-state index in [2.05, 4.69) is 126 Å². The van der Waals surface area contributed by atoms with Crippen LogP contribution in [0.5, 0.6) is 0 Å². The van der Waals surface area contributed by atoms with Crippen molar-refractivity contribution in [2.45, 2.75) is 40.8 Å². The normalized spacial score (nSPS) is 9.25. The average molecular weight is 646 g/mol. The monoisotopic (exact) mass is 646 g/mol. The third kappa shape index (κ3) is 10.2. The molecule has 168 valence electrons. The molecule has 0 aliphatic carbocycles. The summed E-state index contributed by atoms with van der Waals surface area (Å²) in [5, 5.41) is 0. The predicted octanol–water partition coefficient (Wildman–Crippen LogP) is 2.17. The summed E-state index contributed by atoms with van der Waals surface area (Å²) in [4.78, 5) is 0. The minimum Gasteiger partial charge on any atom is -1.00 e. The summed E-state index contributed by atoms with van der Waals surface area (Å²) in [5.74, 6) is 0. The number of hydrogen-bond donors (Lipinski definition) is 0. The van der Waals surface area contributed by atoms with Crippen molar-refractivity contribution in [3.63, 3.8) is 0 Å². The van der Waals surface area contributed by atoms with Crippen LogP contribution in [0.3, 0.4) is 0 Å². The number of benzene rings is 2. The zero-order valence-electron chi connectivity index (χ0n) is 19.8. The van der Waals surface area contributed by atoms with Crippen molar-refractivity contribution in [2.24, 2.45) is 0 Å². The van der Waals surface area contributed by atoms with Gasteiger partial charge < -0.3 is 24.8 Å². The van der Waals surface area contributed by atoms with Gasteiger partial charge >= 0.3 is 41.6 Å². The van der Waals surface area contributed by atoms with E-state index in [1.54, 1.807) is 0 Å². The first kappa shape index (κ1) is 30.8. The summed E-state index contributed by atoms with van der Waals surface area (Å²) in [6.45, 7) is 13.2. The fourth-order valence-electron chi connectivity index (χ4n) is 3.13. The van der Waals surface area contributed by atoms with Crippen LogP contribution in [-0.2, 0) is 23.0 Å². The molecule has 0 atom stereocenters. The van der Waals surface area contributed by atoms with Crippen molar-refractivity contribution in [1.82, 2.24) is 0 Å². The molecule has 4 aromatic carbocycles. The third-order valence-electron chi connectivity index (χ3n) is 4.79. The maximum Gasteiger partial charge on any atom is -0.0410 e. The Hall–Kier alpha value is -1.19. The standard InChI is InChI=1S/2C13H13.C2H6Si.2ClH.Hf/c2*1-10-6-8-12(9-7-10)13-5-3-4-11(13)2;1-3-2;;;/h2*3-9H,1-2H3;1-2H3;2*1H;/q2*-1;;;;+2/p-2. The van der Waals surface area contributed by atoms with Crippen molar-refractivity contribution < 1.29 is 47.8 Å². The molecule has 4 aromatic rings. The molecule has 0 N–H and O–H groups in total. The number of halogens is 2.